The predicted molar refractivity (Wildman–Crippen MR) is 121 cm³/mol. The summed E-state index contributed by atoms with van der Waals surface area (Å²) in [6.07, 6.45) is 5.01. The molecule has 0 aliphatic rings. The minimum atomic E-state index is -4.93. The average Bonchev–Trinajstić information content (AvgIpc) is 3.35. The number of anilines is 3. The number of halogens is 2. The van der Waals surface area contributed by atoms with E-state index in [0.717, 1.165) is 6.07 Å². The molecule has 0 unspecified atom stereocenters. The maximum atomic E-state index is 13.0. The molecule has 174 valence electrons. The van der Waals surface area contributed by atoms with Crippen LogP contribution in [0.5, 0.6) is 0 Å². The van der Waals surface area contributed by atoms with Crippen molar-refractivity contribution in [3.8, 4) is 5.82 Å². The number of aryl methyl sites for hydroxylation is 1. The number of imidazole rings is 1. The van der Waals surface area contributed by atoms with E-state index in [1.165, 1.54) is 18.2 Å². The topological polar surface area (TPSA) is 119 Å². The van der Waals surface area contributed by atoms with E-state index < -0.39 is 26.4 Å². The maximum absolute atomic E-state index is 13.0. The van der Waals surface area contributed by atoms with Gasteiger partial charge >= 0.3 is 5.76 Å². The highest BCUT2D eigenvalue weighted by Crippen LogP contribution is 2.24. The van der Waals surface area contributed by atoms with Crippen LogP contribution in [-0.2, 0) is 9.84 Å². The summed E-state index contributed by atoms with van der Waals surface area (Å²) in [5.74, 6) is -2.73. The molecule has 0 fully saturated rings. The van der Waals surface area contributed by atoms with Gasteiger partial charge in [0.05, 0.1) is 10.5 Å². The van der Waals surface area contributed by atoms with E-state index in [1.54, 1.807) is 60.5 Å². The van der Waals surface area contributed by atoms with Gasteiger partial charge in [-0.05, 0) is 43.3 Å². The van der Waals surface area contributed by atoms with Gasteiger partial charge in [-0.3, -0.25) is 9.36 Å². The van der Waals surface area contributed by atoms with Crippen LogP contribution in [0, 0.1) is 6.92 Å². The summed E-state index contributed by atoms with van der Waals surface area (Å²) in [6, 6.07) is 13.1. The minimum Gasteiger partial charge on any atom is -0.340 e. The number of benzene rings is 2. The first-order valence-corrected chi connectivity index (χ1v) is 11.4. The van der Waals surface area contributed by atoms with Crippen LogP contribution in [0.4, 0.5) is 26.0 Å². The Kier molecular flexibility index (Phi) is 6.32. The van der Waals surface area contributed by atoms with Gasteiger partial charge in [-0.1, -0.05) is 12.1 Å². The summed E-state index contributed by atoms with van der Waals surface area (Å²) in [4.78, 5) is 24.6. The monoisotopic (exact) mass is 484 g/mol. The zero-order chi connectivity index (χ0) is 24.3. The van der Waals surface area contributed by atoms with Gasteiger partial charge in [0.1, 0.15) is 23.8 Å². The SMILES string of the molecule is Cc1nc(Nc2ccc(NC(=O)c3ccccc3S(=O)(=O)C(F)F)cc2)cc(-n2ccnc2)n1. The fourth-order valence-corrected chi connectivity index (χ4v) is 4.05. The highest BCUT2D eigenvalue weighted by atomic mass is 32.2. The first-order chi connectivity index (χ1) is 16.2. The molecular formula is C22H18F2N6O3S. The van der Waals surface area contributed by atoms with Crippen LogP contribution in [0.15, 0.2) is 78.2 Å². The fourth-order valence-electron chi connectivity index (χ4n) is 3.12. The van der Waals surface area contributed by atoms with Gasteiger partial charge < -0.3 is 10.6 Å². The number of amides is 1. The highest BCUT2D eigenvalue weighted by molar-refractivity contribution is 7.91. The summed E-state index contributed by atoms with van der Waals surface area (Å²) in [5.41, 5.74) is 0.639. The van der Waals surface area contributed by atoms with E-state index in [2.05, 4.69) is 25.6 Å². The third-order valence-electron chi connectivity index (χ3n) is 4.68. The van der Waals surface area contributed by atoms with Crippen molar-refractivity contribution in [2.45, 2.75) is 17.6 Å². The van der Waals surface area contributed by atoms with Crippen LogP contribution in [0.1, 0.15) is 16.2 Å². The molecule has 0 radical (unpaired) electrons. The van der Waals surface area contributed by atoms with Crippen molar-refractivity contribution in [1.82, 2.24) is 19.5 Å². The fraction of sp³-hybridized carbons (Fsp3) is 0.0909. The average molecular weight is 484 g/mol. The molecule has 4 rings (SSSR count). The van der Waals surface area contributed by atoms with Gasteiger partial charge in [-0.2, -0.15) is 8.78 Å². The van der Waals surface area contributed by atoms with Crippen LogP contribution in [0.3, 0.4) is 0 Å². The second-order valence-electron chi connectivity index (χ2n) is 7.09. The second-order valence-corrected chi connectivity index (χ2v) is 8.97. The third-order valence-corrected chi connectivity index (χ3v) is 6.12. The molecule has 4 aromatic rings. The molecule has 0 spiro atoms. The molecule has 2 N–H and O–H groups in total. The Morgan fingerprint density at radius 1 is 1.03 bits per heavy atom. The first-order valence-electron chi connectivity index (χ1n) is 9.87. The molecule has 12 heteroatoms. The number of hydrogen-bond donors (Lipinski definition) is 2. The molecule has 34 heavy (non-hydrogen) atoms. The van der Waals surface area contributed by atoms with Gasteiger partial charge in [-0.25, -0.2) is 23.4 Å². The smallest absolute Gasteiger partial charge is 0.340 e. The van der Waals surface area contributed by atoms with Crippen molar-refractivity contribution in [1.29, 1.82) is 0 Å². The molecule has 9 nitrogen and oxygen atoms in total. The zero-order valence-corrected chi connectivity index (χ0v) is 18.5. The molecule has 2 aromatic carbocycles. The number of nitrogens with one attached hydrogen (secondary N) is 2. The number of carbonyl (C=O) groups excluding carboxylic acids is 1. The lowest BCUT2D eigenvalue weighted by Gasteiger charge is -2.12. The lowest BCUT2D eigenvalue weighted by atomic mass is 10.2. The van der Waals surface area contributed by atoms with Gasteiger partial charge in [0.2, 0.25) is 9.84 Å². The number of carbonyl (C=O) groups is 1. The summed E-state index contributed by atoms with van der Waals surface area (Å²) in [5, 5.41) is 5.67. The van der Waals surface area contributed by atoms with Crippen LogP contribution in [-0.4, -0.2) is 39.6 Å². The number of alkyl halides is 2. The van der Waals surface area contributed by atoms with Gasteiger partial charge in [-0.15, -0.1) is 0 Å². The Hall–Kier alpha value is -4.19. The molecular weight excluding hydrogens is 466 g/mol. The summed E-state index contributed by atoms with van der Waals surface area (Å²) >= 11 is 0. The van der Waals surface area contributed by atoms with E-state index in [9.17, 15) is 22.0 Å². The molecule has 0 bridgehead atoms. The van der Waals surface area contributed by atoms with E-state index in [0.29, 0.717) is 28.8 Å². The van der Waals surface area contributed by atoms with Crippen molar-refractivity contribution in [2.24, 2.45) is 0 Å². The second kappa shape index (κ2) is 9.35. The molecule has 2 heterocycles. The lowest BCUT2D eigenvalue weighted by molar-refractivity contribution is 0.102. The number of aromatic nitrogens is 4. The molecule has 0 atom stereocenters. The van der Waals surface area contributed by atoms with Crippen molar-refractivity contribution in [2.75, 3.05) is 10.6 Å². The summed E-state index contributed by atoms with van der Waals surface area (Å²) < 4.78 is 51.5. The number of hydrogen-bond acceptors (Lipinski definition) is 7. The molecule has 0 aliphatic heterocycles. The quantitative estimate of drug-likeness (QED) is 0.407. The molecule has 1 amide bonds. The lowest BCUT2D eigenvalue weighted by Crippen LogP contribution is -2.19. The standard InChI is InChI=1S/C22H18F2N6O3S/c1-14-26-19(12-20(27-14)30-11-10-25-13-30)28-15-6-8-16(9-7-15)29-21(31)17-4-2-3-5-18(17)34(32,33)22(23)24/h2-13,22H,1H3,(H,29,31)(H,26,27,28). The van der Waals surface area contributed by atoms with E-state index in [1.807, 2.05) is 0 Å². The predicted octanol–water partition coefficient (Wildman–Crippen LogP) is 3.96. The largest absolute Gasteiger partial charge is 0.341 e. The Balaban J connectivity index is 1.50. The Labute approximate surface area is 193 Å². The maximum Gasteiger partial charge on any atom is 0.341 e. The molecule has 0 aliphatic carbocycles. The van der Waals surface area contributed by atoms with Crippen molar-refractivity contribution >= 4 is 32.9 Å². The molecule has 2 aromatic heterocycles. The zero-order valence-electron chi connectivity index (χ0n) is 17.7. The van der Waals surface area contributed by atoms with Crippen molar-refractivity contribution < 1.29 is 22.0 Å². The normalized spacial score (nSPS) is 11.4. The minimum absolute atomic E-state index is 0.345. The Bertz CT molecular complexity index is 1430. The van der Waals surface area contributed by atoms with Crippen LogP contribution >= 0.6 is 0 Å². The van der Waals surface area contributed by atoms with Crippen LogP contribution < -0.4 is 10.6 Å². The van der Waals surface area contributed by atoms with E-state index in [4.69, 9.17) is 0 Å². The Morgan fingerprint density at radius 2 is 1.74 bits per heavy atom. The number of rotatable bonds is 7. The van der Waals surface area contributed by atoms with Crippen molar-refractivity contribution in [3.05, 3.63) is 84.7 Å². The summed E-state index contributed by atoms with van der Waals surface area (Å²) in [6.45, 7) is 1.76. The molecule has 0 saturated carbocycles. The first kappa shape index (κ1) is 23.0. The Morgan fingerprint density at radius 3 is 2.41 bits per heavy atom. The van der Waals surface area contributed by atoms with Gasteiger partial charge in [0.15, 0.2) is 0 Å². The van der Waals surface area contributed by atoms with E-state index in [-0.39, 0.29) is 5.56 Å². The number of sulfone groups is 1. The third kappa shape index (κ3) is 4.91. The number of nitrogens with zero attached hydrogens (tertiary/aromatic N) is 4. The van der Waals surface area contributed by atoms with Gasteiger partial charge in [0.25, 0.3) is 5.91 Å². The van der Waals surface area contributed by atoms with Crippen molar-refractivity contribution in [3.63, 3.8) is 0 Å². The van der Waals surface area contributed by atoms with Gasteiger partial charge in [0, 0.05) is 29.8 Å². The van der Waals surface area contributed by atoms with Crippen LogP contribution in [0.25, 0.3) is 5.82 Å². The summed E-state index contributed by atoms with van der Waals surface area (Å²) in [7, 11) is -4.93. The van der Waals surface area contributed by atoms with E-state index >= 15 is 0 Å². The molecule has 0 saturated heterocycles. The van der Waals surface area contributed by atoms with Crippen LogP contribution in [0.2, 0.25) is 0 Å². The highest BCUT2D eigenvalue weighted by Gasteiger charge is 2.30.